The van der Waals surface area contributed by atoms with E-state index in [1.54, 1.807) is 11.7 Å². The third-order valence-electron chi connectivity index (χ3n) is 1.99. The summed E-state index contributed by atoms with van der Waals surface area (Å²) in [6.45, 7) is 1.46. The number of hydrogen-bond acceptors (Lipinski definition) is 4. The summed E-state index contributed by atoms with van der Waals surface area (Å²) < 4.78 is 1.62. The molecular formula is C11H11N3OS. The van der Waals surface area contributed by atoms with Crippen LogP contribution in [0.2, 0.25) is 0 Å². The summed E-state index contributed by atoms with van der Waals surface area (Å²) in [4.78, 5) is 16.4. The van der Waals surface area contributed by atoms with Gasteiger partial charge in [0.1, 0.15) is 0 Å². The highest BCUT2D eigenvalue weighted by atomic mass is 32.2. The Morgan fingerprint density at radius 2 is 2.00 bits per heavy atom. The predicted molar refractivity (Wildman–Crippen MR) is 61.6 cm³/mol. The van der Waals surface area contributed by atoms with E-state index in [9.17, 15) is 4.79 Å². The molecule has 1 heterocycles. The molecule has 0 atom stereocenters. The van der Waals surface area contributed by atoms with E-state index >= 15 is 0 Å². The average Bonchev–Trinajstić information content (AvgIpc) is 2.62. The zero-order chi connectivity index (χ0) is 11.5. The second-order valence-corrected chi connectivity index (χ2v) is 4.35. The van der Waals surface area contributed by atoms with Crippen molar-refractivity contribution in [1.82, 2.24) is 14.8 Å². The summed E-state index contributed by atoms with van der Waals surface area (Å²) in [6, 6.07) is 9.87. The van der Waals surface area contributed by atoms with Crippen LogP contribution in [0.5, 0.6) is 0 Å². The molecular weight excluding hydrogens is 222 g/mol. The first-order valence-electron chi connectivity index (χ1n) is 4.81. The highest BCUT2D eigenvalue weighted by molar-refractivity contribution is 7.99. The van der Waals surface area contributed by atoms with Crippen LogP contribution in [0.3, 0.4) is 0 Å². The van der Waals surface area contributed by atoms with Gasteiger partial charge in [-0.2, -0.15) is 4.98 Å². The van der Waals surface area contributed by atoms with Gasteiger partial charge >= 0.3 is 0 Å². The Balaban J connectivity index is 2.25. The molecule has 0 unspecified atom stereocenters. The smallest absolute Gasteiger partial charge is 0.217 e. The first kappa shape index (κ1) is 10.9. The topological polar surface area (TPSA) is 47.8 Å². The Hall–Kier alpha value is -1.62. The third-order valence-corrected chi connectivity index (χ3v) is 3.04. The summed E-state index contributed by atoms with van der Waals surface area (Å²) in [6.07, 6.45) is 0. The van der Waals surface area contributed by atoms with Crippen molar-refractivity contribution >= 4 is 17.5 Å². The lowest BCUT2D eigenvalue weighted by Crippen LogP contribution is -1.97. The molecule has 4 nitrogen and oxygen atoms in total. The maximum absolute atomic E-state index is 11.1. The molecule has 0 aliphatic carbocycles. The second kappa shape index (κ2) is 4.49. The van der Waals surface area contributed by atoms with Gasteiger partial charge in [-0.15, -0.1) is 5.10 Å². The number of benzene rings is 1. The molecule has 0 aliphatic heterocycles. The summed E-state index contributed by atoms with van der Waals surface area (Å²) in [5.41, 5.74) is 0. The monoisotopic (exact) mass is 233 g/mol. The largest absolute Gasteiger partial charge is 0.291 e. The van der Waals surface area contributed by atoms with E-state index in [1.165, 1.54) is 18.7 Å². The number of aryl methyl sites for hydroxylation is 1. The van der Waals surface area contributed by atoms with Gasteiger partial charge in [-0.1, -0.05) is 30.0 Å². The summed E-state index contributed by atoms with van der Waals surface area (Å²) in [5, 5.41) is 4.76. The summed E-state index contributed by atoms with van der Waals surface area (Å²) in [5.74, 6) is 0.149. The van der Waals surface area contributed by atoms with Gasteiger partial charge in [0.2, 0.25) is 5.82 Å². The number of hydrogen-bond donors (Lipinski definition) is 0. The number of carbonyl (C=O) groups excluding carboxylic acids is 1. The third kappa shape index (κ3) is 2.30. The number of aromatic nitrogens is 3. The van der Waals surface area contributed by atoms with Crippen molar-refractivity contribution in [3.8, 4) is 0 Å². The highest BCUT2D eigenvalue weighted by Crippen LogP contribution is 2.25. The molecule has 0 saturated heterocycles. The van der Waals surface area contributed by atoms with Crippen molar-refractivity contribution in [2.75, 3.05) is 0 Å². The minimum absolute atomic E-state index is 0.115. The standard InChI is InChI=1S/C11H11N3OS/c1-8(15)10-12-11(14(2)13-10)16-9-6-4-3-5-7-9/h3-7H,1-2H3. The van der Waals surface area contributed by atoms with E-state index < -0.39 is 0 Å². The normalized spacial score (nSPS) is 10.4. The molecule has 16 heavy (non-hydrogen) atoms. The van der Waals surface area contributed by atoms with Gasteiger partial charge in [0, 0.05) is 18.9 Å². The fraction of sp³-hybridized carbons (Fsp3) is 0.182. The Morgan fingerprint density at radius 1 is 1.31 bits per heavy atom. The molecule has 1 aromatic heterocycles. The maximum Gasteiger partial charge on any atom is 0.217 e. The molecule has 5 heteroatoms. The van der Waals surface area contributed by atoms with Crippen LogP contribution in [0, 0.1) is 0 Å². The first-order chi connectivity index (χ1) is 7.66. The molecule has 0 spiro atoms. The lowest BCUT2D eigenvalue weighted by Gasteiger charge is -1.98. The molecule has 0 N–H and O–H groups in total. The fourth-order valence-corrected chi connectivity index (χ4v) is 2.01. The van der Waals surface area contributed by atoms with E-state index in [2.05, 4.69) is 10.1 Å². The van der Waals surface area contributed by atoms with Crippen molar-refractivity contribution in [2.24, 2.45) is 7.05 Å². The van der Waals surface area contributed by atoms with Crippen molar-refractivity contribution in [3.05, 3.63) is 36.2 Å². The first-order valence-corrected chi connectivity index (χ1v) is 5.63. The molecule has 0 bridgehead atoms. The van der Waals surface area contributed by atoms with Crippen LogP contribution in [0.1, 0.15) is 17.5 Å². The maximum atomic E-state index is 11.1. The average molecular weight is 233 g/mol. The van der Waals surface area contributed by atoms with E-state index in [1.807, 2.05) is 30.3 Å². The Labute approximate surface area is 97.7 Å². The van der Waals surface area contributed by atoms with Crippen LogP contribution in [0.15, 0.2) is 40.4 Å². The fourth-order valence-electron chi connectivity index (χ4n) is 1.20. The van der Waals surface area contributed by atoms with Crippen LogP contribution >= 0.6 is 11.8 Å². The zero-order valence-corrected chi connectivity index (χ0v) is 9.86. The molecule has 0 saturated carbocycles. The lowest BCUT2D eigenvalue weighted by molar-refractivity contribution is 0.100. The van der Waals surface area contributed by atoms with Gasteiger partial charge in [-0.25, -0.2) is 4.68 Å². The molecule has 2 aromatic rings. The van der Waals surface area contributed by atoms with E-state index in [-0.39, 0.29) is 11.6 Å². The number of Topliss-reactive ketones (excluding diaryl/α,β-unsaturated/α-hetero) is 1. The van der Waals surface area contributed by atoms with E-state index in [0.29, 0.717) is 0 Å². The van der Waals surface area contributed by atoms with Crippen LogP contribution in [-0.4, -0.2) is 20.5 Å². The van der Waals surface area contributed by atoms with Crippen LogP contribution in [0.4, 0.5) is 0 Å². The molecule has 1 aromatic carbocycles. The molecule has 0 fully saturated rings. The Bertz CT molecular complexity index is 507. The predicted octanol–water partition coefficient (Wildman–Crippen LogP) is 2.17. The zero-order valence-electron chi connectivity index (χ0n) is 9.04. The van der Waals surface area contributed by atoms with Gasteiger partial charge in [0.05, 0.1) is 0 Å². The molecule has 82 valence electrons. The number of rotatable bonds is 3. The number of carbonyl (C=O) groups is 1. The van der Waals surface area contributed by atoms with Crippen molar-refractivity contribution in [2.45, 2.75) is 17.0 Å². The summed E-state index contributed by atoms with van der Waals surface area (Å²) >= 11 is 1.49. The van der Waals surface area contributed by atoms with Crippen LogP contribution in [0.25, 0.3) is 0 Å². The SMILES string of the molecule is CC(=O)c1nc(Sc2ccccc2)n(C)n1. The van der Waals surface area contributed by atoms with E-state index in [4.69, 9.17) is 0 Å². The van der Waals surface area contributed by atoms with Gasteiger partial charge in [-0.05, 0) is 12.1 Å². The Morgan fingerprint density at radius 3 is 2.56 bits per heavy atom. The molecule has 0 radical (unpaired) electrons. The van der Waals surface area contributed by atoms with Crippen molar-refractivity contribution in [3.63, 3.8) is 0 Å². The van der Waals surface area contributed by atoms with E-state index in [0.717, 1.165) is 10.1 Å². The molecule has 0 amide bonds. The molecule has 0 aliphatic rings. The Kier molecular flexibility index (Phi) is 3.05. The second-order valence-electron chi connectivity index (χ2n) is 3.31. The highest BCUT2D eigenvalue weighted by Gasteiger charge is 2.11. The van der Waals surface area contributed by atoms with Gasteiger partial charge < -0.3 is 0 Å². The van der Waals surface area contributed by atoms with Crippen molar-refractivity contribution in [1.29, 1.82) is 0 Å². The minimum atomic E-state index is -0.115. The van der Waals surface area contributed by atoms with Crippen LogP contribution in [-0.2, 0) is 7.05 Å². The van der Waals surface area contributed by atoms with Gasteiger partial charge in [0.15, 0.2) is 10.9 Å². The summed E-state index contributed by atoms with van der Waals surface area (Å²) in [7, 11) is 1.78. The number of nitrogens with zero attached hydrogens (tertiary/aromatic N) is 3. The van der Waals surface area contributed by atoms with Crippen LogP contribution < -0.4 is 0 Å². The van der Waals surface area contributed by atoms with Gasteiger partial charge in [-0.3, -0.25) is 4.79 Å². The van der Waals surface area contributed by atoms with Gasteiger partial charge in [0.25, 0.3) is 0 Å². The van der Waals surface area contributed by atoms with Crippen molar-refractivity contribution < 1.29 is 4.79 Å². The lowest BCUT2D eigenvalue weighted by atomic mass is 10.4. The quantitative estimate of drug-likeness (QED) is 0.762. The number of ketones is 1. The molecule has 2 rings (SSSR count). The minimum Gasteiger partial charge on any atom is -0.291 e.